The van der Waals surface area contributed by atoms with Crippen molar-refractivity contribution in [2.24, 2.45) is 0 Å². The number of carbonyl (C=O) groups is 2. The van der Waals surface area contributed by atoms with Gasteiger partial charge in [-0.3, -0.25) is 14.3 Å². The summed E-state index contributed by atoms with van der Waals surface area (Å²) in [5.41, 5.74) is -0.551. The third-order valence-corrected chi connectivity index (χ3v) is 3.49. The van der Waals surface area contributed by atoms with Crippen LogP contribution in [0.1, 0.15) is 38.6 Å². The van der Waals surface area contributed by atoms with E-state index >= 15 is 0 Å². The summed E-state index contributed by atoms with van der Waals surface area (Å²) in [6, 6.07) is 1.33. The highest BCUT2D eigenvalue weighted by Crippen LogP contribution is 2.35. The zero-order chi connectivity index (χ0) is 13.2. The zero-order valence-electron chi connectivity index (χ0n) is 10.3. The Bertz CT molecular complexity index is 437. The highest BCUT2D eigenvalue weighted by atomic mass is 16.4. The summed E-state index contributed by atoms with van der Waals surface area (Å²) in [5.74, 6) is -1.05. The van der Waals surface area contributed by atoms with E-state index in [-0.39, 0.29) is 12.3 Å². The van der Waals surface area contributed by atoms with Crippen molar-refractivity contribution in [2.45, 2.75) is 44.2 Å². The molecule has 1 saturated carbocycles. The molecule has 1 fully saturated rings. The SMILES string of the molecule is CC(C(=O)NC1(CC(=O)O)CCC1)n1cccn1. The summed E-state index contributed by atoms with van der Waals surface area (Å²) >= 11 is 0. The van der Waals surface area contributed by atoms with Crippen LogP contribution in [0.15, 0.2) is 18.5 Å². The largest absolute Gasteiger partial charge is 0.481 e. The van der Waals surface area contributed by atoms with Crippen LogP contribution >= 0.6 is 0 Å². The highest BCUT2D eigenvalue weighted by molar-refractivity contribution is 5.81. The number of amides is 1. The van der Waals surface area contributed by atoms with Crippen LogP contribution in [0.3, 0.4) is 0 Å². The number of carbonyl (C=O) groups excluding carboxylic acids is 1. The molecule has 0 spiro atoms. The van der Waals surface area contributed by atoms with E-state index in [4.69, 9.17) is 5.11 Å². The topological polar surface area (TPSA) is 84.2 Å². The number of nitrogens with one attached hydrogen (secondary N) is 1. The van der Waals surface area contributed by atoms with Crippen molar-refractivity contribution in [1.29, 1.82) is 0 Å². The monoisotopic (exact) mass is 251 g/mol. The molecule has 1 aliphatic rings. The maximum Gasteiger partial charge on any atom is 0.305 e. The lowest BCUT2D eigenvalue weighted by Gasteiger charge is -2.42. The molecule has 6 heteroatoms. The maximum absolute atomic E-state index is 12.1. The van der Waals surface area contributed by atoms with Crippen LogP contribution in [0, 0.1) is 0 Å². The van der Waals surface area contributed by atoms with Gasteiger partial charge in [-0.2, -0.15) is 5.10 Å². The van der Waals surface area contributed by atoms with Crippen molar-refractivity contribution < 1.29 is 14.7 Å². The van der Waals surface area contributed by atoms with Gasteiger partial charge in [0.1, 0.15) is 6.04 Å². The van der Waals surface area contributed by atoms with Crippen molar-refractivity contribution in [3.63, 3.8) is 0 Å². The minimum absolute atomic E-state index is 0.00936. The van der Waals surface area contributed by atoms with Gasteiger partial charge in [-0.25, -0.2) is 0 Å². The molecule has 0 radical (unpaired) electrons. The van der Waals surface area contributed by atoms with Crippen LogP contribution in [-0.2, 0) is 9.59 Å². The quantitative estimate of drug-likeness (QED) is 0.816. The summed E-state index contributed by atoms with van der Waals surface area (Å²) in [5, 5.41) is 15.8. The van der Waals surface area contributed by atoms with E-state index in [9.17, 15) is 9.59 Å². The number of hydrogen-bond acceptors (Lipinski definition) is 3. The predicted octanol–water partition coefficient (Wildman–Crippen LogP) is 0.958. The predicted molar refractivity (Wildman–Crippen MR) is 63.9 cm³/mol. The van der Waals surface area contributed by atoms with Gasteiger partial charge >= 0.3 is 5.97 Å². The lowest BCUT2D eigenvalue weighted by Crippen LogP contribution is -2.56. The Kier molecular flexibility index (Phi) is 3.36. The molecule has 0 saturated heterocycles. The van der Waals surface area contributed by atoms with E-state index in [1.165, 1.54) is 0 Å². The van der Waals surface area contributed by atoms with E-state index < -0.39 is 17.6 Å². The molecule has 1 aliphatic carbocycles. The molecule has 2 rings (SSSR count). The van der Waals surface area contributed by atoms with Crippen LogP contribution in [0.4, 0.5) is 0 Å². The van der Waals surface area contributed by atoms with Crippen molar-refractivity contribution in [3.8, 4) is 0 Å². The van der Waals surface area contributed by atoms with Gasteiger partial charge in [-0.1, -0.05) is 0 Å². The van der Waals surface area contributed by atoms with Gasteiger partial charge in [-0.05, 0) is 32.3 Å². The second-order valence-electron chi connectivity index (χ2n) is 4.86. The highest BCUT2D eigenvalue weighted by Gasteiger charge is 2.41. The van der Waals surface area contributed by atoms with Crippen LogP contribution in [0.2, 0.25) is 0 Å². The summed E-state index contributed by atoms with van der Waals surface area (Å²) in [6.07, 6.45) is 5.75. The summed E-state index contributed by atoms with van der Waals surface area (Å²) in [7, 11) is 0. The van der Waals surface area contributed by atoms with Crippen LogP contribution in [0.5, 0.6) is 0 Å². The first-order valence-electron chi connectivity index (χ1n) is 6.05. The first-order chi connectivity index (χ1) is 8.52. The van der Waals surface area contributed by atoms with E-state index in [2.05, 4.69) is 10.4 Å². The average molecular weight is 251 g/mol. The fourth-order valence-corrected chi connectivity index (χ4v) is 2.23. The third-order valence-electron chi connectivity index (χ3n) is 3.49. The molecule has 0 aliphatic heterocycles. The average Bonchev–Trinajstić information content (AvgIpc) is 2.77. The summed E-state index contributed by atoms with van der Waals surface area (Å²) in [6.45, 7) is 1.75. The van der Waals surface area contributed by atoms with Gasteiger partial charge in [0.05, 0.1) is 12.0 Å². The van der Waals surface area contributed by atoms with E-state index in [1.54, 1.807) is 30.1 Å². The van der Waals surface area contributed by atoms with Gasteiger partial charge in [0.15, 0.2) is 0 Å². The Hall–Kier alpha value is -1.85. The number of carboxylic acid groups (broad SMARTS) is 1. The molecular formula is C12H17N3O3. The molecule has 1 heterocycles. The maximum atomic E-state index is 12.1. The minimum Gasteiger partial charge on any atom is -0.481 e. The van der Waals surface area contributed by atoms with E-state index in [0.717, 1.165) is 19.3 Å². The van der Waals surface area contributed by atoms with Gasteiger partial charge in [0, 0.05) is 12.4 Å². The number of aromatic nitrogens is 2. The van der Waals surface area contributed by atoms with Crippen molar-refractivity contribution in [1.82, 2.24) is 15.1 Å². The van der Waals surface area contributed by atoms with Gasteiger partial charge in [0.2, 0.25) is 5.91 Å². The Balaban J connectivity index is 1.99. The molecule has 98 valence electrons. The molecule has 1 aromatic heterocycles. The van der Waals surface area contributed by atoms with Crippen molar-refractivity contribution in [3.05, 3.63) is 18.5 Å². The number of hydrogen-bond donors (Lipinski definition) is 2. The third kappa shape index (κ3) is 2.52. The molecule has 1 unspecified atom stereocenters. The lowest BCUT2D eigenvalue weighted by atomic mass is 9.74. The van der Waals surface area contributed by atoms with Crippen molar-refractivity contribution in [2.75, 3.05) is 0 Å². The molecule has 0 aromatic carbocycles. The number of aliphatic carboxylic acids is 1. The van der Waals surface area contributed by atoms with E-state index in [1.807, 2.05) is 0 Å². The van der Waals surface area contributed by atoms with Gasteiger partial charge < -0.3 is 10.4 Å². The van der Waals surface area contributed by atoms with Crippen LogP contribution < -0.4 is 5.32 Å². The Morgan fingerprint density at radius 2 is 2.28 bits per heavy atom. The smallest absolute Gasteiger partial charge is 0.305 e. The molecule has 0 bridgehead atoms. The molecule has 1 atom stereocenters. The fourth-order valence-electron chi connectivity index (χ4n) is 2.23. The summed E-state index contributed by atoms with van der Waals surface area (Å²) < 4.78 is 1.56. The second-order valence-corrected chi connectivity index (χ2v) is 4.86. The van der Waals surface area contributed by atoms with Crippen LogP contribution in [-0.4, -0.2) is 32.3 Å². The summed E-state index contributed by atoms with van der Waals surface area (Å²) in [4.78, 5) is 22.9. The van der Waals surface area contributed by atoms with Gasteiger partial charge in [0.25, 0.3) is 0 Å². The minimum atomic E-state index is -0.873. The van der Waals surface area contributed by atoms with Crippen LogP contribution in [0.25, 0.3) is 0 Å². The molecule has 2 N–H and O–H groups in total. The van der Waals surface area contributed by atoms with E-state index in [0.29, 0.717) is 0 Å². The molecule has 1 amide bonds. The Morgan fingerprint density at radius 3 is 2.72 bits per heavy atom. The molecular weight excluding hydrogens is 234 g/mol. The first-order valence-corrected chi connectivity index (χ1v) is 6.05. The Morgan fingerprint density at radius 1 is 1.56 bits per heavy atom. The second kappa shape index (κ2) is 4.80. The lowest BCUT2D eigenvalue weighted by molar-refractivity contribution is -0.140. The zero-order valence-corrected chi connectivity index (χ0v) is 10.3. The molecule has 18 heavy (non-hydrogen) atoms. The number of nitrogens with zero attached hydrogens (tertiary/aromatic N) is 2. The number of carboxylic acids is 1. The Labute approximate surface area is 105 Å². The normalized spacial score (nSPS) is 18.7. The van der Waals surface area contributed by atoms with Crippen molar-refractivity contribution >= 4 is 11.9 Å². The number of rotatable bonds is 5. The molecule has 6 nitrogen and oxygen atoms in total. The van der Waals surface area contributed by atoms with Gasteiger partial charge in [-0.15, -0.1) is 0 Å². The fraction of sp³-hybridized carbons (Fsp3) is 0.583. The molecule has 1 aromatic rings. The first kappa shape index (κ1) is 12.6. The standard InChI is InChI=1S/C12H17N3O3/c1-9(15-7-3-6-13-15)11(18)14-12(4-2-5-12)8-10(16)17/h3,6-7,9H,2,4-5,8H2,1H3,(H,14,18)(H,16,17).